The van der Waals surface area contributed by atoms with Crippen LogP contribution in [0.3, 0.4) is 0 Å². The van der Waals surface area contributed by atoms with E-state index in [-0.39, 0.29) is 0 Å². The molecule has 0 aromatic rings. The standard InChI is InChI=1S/C16H30O/c1-5-15(17)8-6-7-13-9-11-14(12-10-13)16(2,3)4/h13-14H,5-12H2,1-4H3. The van der Waals surface area contributed by atoms with Crippen LogP contribution in [0.5, 0.6) is 0 Å². The van der Waals surface area contributed by atoms with Gasteiger partial charge in [-0.3, -0.25) is 4.79 Å². The van der Waals surface area contributed by atoms with Crippen LogP contribution >= 0.6 is 0 Å². The third-order valence-electron chi connectivity index (χ3n) is 4.53. The molecule has 0 N–H and O–H groups in total. The van der Waals surface area contributed by atoms with Gasteiger partial charge in [-0.05, 0) is 36.5 Å². The number of ketones is 1. The summed E-state index contributed by atoms with van der Waals surface area (Å²) in [5, 5.41) is 0. The van der Waals surface area contributed by atoms with Crippen molar-refractivity contribution < 1.29 is 4.79 Å². The van der Waals surface area contributed by atoms with E-state index in [0.29, 0.717) is 11.2 Å². The molecule has 0 bridgehead atoms. The lowest BCUT2D eigenvalue weighted by Crippen LogP contribution is -2.25. The minimum Gasteiger partial charge on any atom is -0.300 e. The second-order valence-corrected chi connectivity index (χ2v) is 6.87. The zero-order valence-electron chi connectivity index (χ0n) is 12.2. The maximum Gasteiger partial charge on any atom is 0.132 e. The molecule has 1 saturated carbocycles. The summed E-state index contributed by atoms with van der Waals surface area (Å²) in [5.41, 5.74) is 0.489. The molecule has 1 aliphatic rings. The first-order valence-corrected chi connectivity index (χ1v) is 7.45. The fourth-order valence-corrected chi connectivity index (χ4v) is 3.08. The smallest absolute Gasteiger partial charge is 0.132 e. The van der Waals surface area contributed by atoms with Crippen LogP contribution < -0.4 is 0 Å². The van der Waals surface area contributed by atoms with E-state index in [4.69, 9.17) is 0 Å². The molecule has 0 aromatic heterocycles. The number of hydrogen-bond acceptors (Lipinski definition) is 1. The van der Waals surface area contributed by atoms with Gasteiger partial charge >= 0.3 is 0 Å². The Hall–Kier alpha value is -0.330. The highest BCUT2D eigenvalue weighted by atomic mass is 16.1. The molecule has 1 heteroatoms. The Kier molecular flexibility index (Phi) is 5.69. The molecule has 0 aliphatic heterocycles. The third-order valence-corrected chi connectivity index (χ3v) is 4.53. The van der Waals surface area contributed by atoms with Crippen LogP contribution in [0.4, 0.5) is 0 Å². The van der Waals surface area contributed by atoms with Crippen LogP contribution in [0, 0.1) is 17.3 Å². The maximum absolute atomic E-state index is 11.2. The van der Waals surface area contributed by atoms with Crippen LogP contribution in [-0.4, -0.2) is 5.78 Å². The summed E-state index contributed by atoms with van der Waals surface area (Å²) in [6.45, 7) is 9.09. The van der Waals surface area contributed by atoms with Crippen LogP contribution in [0.15, 0.2) is 0 Å². The zero-order chi connectivity index (χ0) is 12.9. The summed E-state index contributed by atoms with van der Waals surface area (Å²) in [5.74, 6) is 2.25. The fourth-order valence-electron chi connectivity index (χ4n) is 3.08. The van der Waals surface area contributed by atoms with Crippen molar-refractivity contribution in [1.29, 1.82) is 0 Å². The van der Waals surface area contributed by atoms with Gasteiger partial charge in [0.15, 0.2) is 0 Å². The highest BCUT2D eigenvalue weighted by Crippen LogP contribution is 2.40. The molecule has 17 heavy (non-hydrogen) atoms. The van der Waals surface area contributed by atoms with Gasteiger partial charge in [-0.25, -0.2) is 0 Å². The summed E-state index contributed by atoms with van der Waals surface area (Å²) in [7, 11) is 0. The normalized spacial score (nSPS) is 25.9. The summed E-state index contributed by atoms with van der Waals surface area (Å²) < 4.78 is 0. The van der Waals surface area contributed by atoms with Crippen molar-refractivity contribution >= 4 is 5.78 Å². The number of carbonyl (C=O) groups is 1. The molecule has 1 nitrogen and oxygen atoms in total. The van der Waals surface area contributed by atoms with Gasteiger partial charge in [-0.1, -0.05) is 47.0 Å². The Morgan fingerprint density at radius 2 is 1.71 bits per heavy atom. The molecule has 0 radical (unpaired) electrons. The minimum absolute atomic E-state index is 0.438. The lowest BCUT2D eigenvalue weighted by atomic mass is 9.69. The first kappa shape index (κ1) is 14.7. The SMILES string of the molecule is CCC(=O)CCCC1CCC(C(C)(C)C)CC1. The molecular weight excluding hydrogens is 208 g/mol. The van der Waals surface area contributed by atoms with E-state index in [1.54, 1.807) is 0 Å². The topological polar surface area (TPSA) is 17.1 Å². The lowest BCUT2D eigenvalue weighted by molar-refractivity contribution is -0.118. The van der Waals surface area contributed by atoms with Gasteiger partial charge < -0.3 is 0 Å². The fraction of sp³-hybridized carbons (Fsp3) is 0.938. The van der Waals surface area contributed by atoms with Gasteiger partial charge in [-0.15, -0.1) is 0 Å². The monoisotopic (exact) mass is 238 g/mol. The number of Topliss-reactive ketones (excluding diaryl/α,β-unsaturated/α-hetero) is 1. The largest absolute Gasteiger partial charge is 0.300 e. The number of hydrogen-bond donors (Lipinski definition) is 0. The van der Waals surface area contributed by atoms with Crippen molar-refractivity contribution in [3.8, 4) is 0 Å². The quantitative estimate of drug-likeness (QED) is 0.659. The molecule has 100 valence electrons. The molecule has 0 aromatic carbocycles. The van der Waals surface area contributed by atoms with E-state index in [9.17, 15) is 4.79 Å². The average molecular weight is 238 g/mol. The highest BCUT2D eigenvalue weighted by molar-refractivity contribution is 5.77. The van der Waals surface area contributed by atoms with E-state index in [2.05, 4.69) is 20.8 Å². The van der Waals surface area contributed by atoms with Crippen molar-refractivity contribution in [2.75, 3.05) is 0 Å². The third kappa shape index (κ3) is 5.23. The van der Waals surface area contributed by atoms with Crippen LogP contribution in [0.25, 0.3) is 0 Å². The van der Waals surface area contributed by atoms with E-state index in [0.717, 1.165) is 31.1 Å². The molecule has 0 atom stereocenters. The van der Waals surface area contributed by atoms with Gasteiger partial charge in [0, 0.05) is 12.8 Å². The lowest BCUT2D eigenvalue weighted by Gasteiger charge is -2.37. The highest BCUT2D eigenvalue weighted by Gasteiger charge is 2.29. The van der Waals surface area contributed by atoms with Gasteiger partial charge in [0.1, 0.15) is 5.78 Å². The van der Waals surface area contributed by atoms with Crippen LogP contribution in [0.1, 0.15) is 79.1 Å². The van der Waals surface area contributed by atoms with Crippen LogP contribution in [-0.2, 0) is 4.79 Å². The van der Waals surface area contributed by atoms with E-state index < -0.39 is 0 Å². The first-order chi connectivity index (χ1) is 7.93. The molecule has 0 heterocycles. The van der Waals surface area contributed by atoms with Crippen molar-refractivity contribution in [1.82, 2.24) is 0 Å². The van der Waals surface area contributed by atoms with Crippen molar-refractivity contribution in [3.05, 3.63) is 0 Å². The summed E-state index contributed by atoms with van der Waals surface area (Å²) in [6, 6.07) is 0. The van der Waals surface area contributed by atoms with Gasteiger partial charge in [0.05, 0.1) is 0 Å². The van der Waals surface area contributed by atoms with Crippen LogP contribution in [0.2, 0.25) is 0 Å². The molecular formula is C16H30O. The Morgan fingerprint density at radius 1 is 1.12 bits per heavy atom. The predicted molar refractivity (Wildman–Crippen MR) is 74.1 cm³/mol. The van der Waals surface area contributed by atoms with Gasteiger partial charge in [0.2, 0.25) is 0 Å². The summed E-state index contributed by atoms with van der Waals surface area (Å²) >= 11 is 0. The molecule has 1 fully saturated rings. The van der Waals surface area contributed by atoms with Gasteiger partial charge in [0.25, 0.3) is 0 Å². The molecule has 0 saturated heterocycles. The molecule has 1 rings (SSSR count). The Morgan fingerprint density at radius 3 is 2.18 bits per heavy atom. The van der Waals surface area contributed by atoms with Crippen molar-refractivity contribution in [2.45, 2.75) is 79.1 Å². The first-order valence-electron chi connectivity index (χ1n) is 7.45. The van der Waals surface area contributed by atoms with E-state index in [1.165, 1.54) is 32.1 Å². The predicted octanol–water partition coefficient (Wildman–Crippen LogP) is 4.99. The Labute approximate surface area is 107 Å². The van der Waals surface area contributed by atoms with Crippen molar-refractivity contribution in [2.24, 2.45) is 17.3 Å². The second-order valence-electron chi connectivity index (χ2n) is 6.87. The number of rotatable bonds is 5. The second kappa shape index (κ2) is 6.56. The van der Waals surface area contributed by atoms with Gasteiger partial charge in [-0.2, -0.15) is 0 Å². The molecule has 0 unspecified atom stereocenters. The Balaban J connectivity index is 2.17. The molecule has 0 spiro atoms. The zero-order valence-corrected chi connectivity index (χ0v) is 12.2. The summed E-state index contributed by atoms with van der Waals surface area (Å²) in [6.07, 6.45) is 9.52. The minimum atomic E-state index is 0.438. The average Bonchev–Trinajstić information content (AvgIpc) is 2.28. The van der Waals surface area contributed by atoms with E-state index >= 15 is 0 Å². The Bertz CT molecular complexity index is 228. The maximum atomic E-state index is 11.2. The number of carbonyl (C=O) groups excluding carboxylic acids is 1. The van der Waals surface area contributed by atoms with E-state index in [1.807, 2.05) is 6.92 Å². The summed E-state index contributed by atoms with van der Waals surface area (Å²) in [4.78, 5) is 11.2. The molecule has 0 amide bonds. The van der Waals surface area contributed by atoms with Crippen molar-refractivity contribution in [3.63, 3.8) is 0 Å². The molecule has 1 aliphatic carbocycles.